The molecule has 0 aliphatic heterocycles. The van der Waals surface area contributed by atoms with Crippen LogP contribution in [0.15, 0.2) is 18.2 Å². The Morgan fingerprint density at radius 2 is 2.00 bits per heavy atom. The molecule has 1 aromatic rings. The largest absolute Gasteiger partial charge is 0.507 e. The van der Waals surface area contributed by atoms with Gasteiger partial charge in [-0.25, -0.2) is 9.59 Å². The van der Waals surface area contributed by atoms with Crippen molar-refractivity contribution in [1.82, 2.24) is 10.6 Å². The Bertz CT molecular complexity index is 664. The summed E-state index contributed by atoms with van der Waals surface area (Å²) < 4.78 is 4.79. The number of benzene rings is 1. The van der Waals surface area contributed by atoms with Crippen LogP contribution in [0.5, 0.6) is 5.75 Å². The zero-order valence-corrected chi connectivity index (χ0v) is 14.6. The summed E-state index contributed by atoms with van der Waals surface area (Å²) >= 11 is 5.68. The number of ether oxygens (including phenoxy) is 1. The maximum atomic E-state index is 11.8. The number of imide groups is 1. The summed E-state index contributed by atoms with van der Waals surface area (Å²) in [5.41, 5.74) is -0.113. The molecule has 1 aromatic carbocycles. The van der Waals surface area contributed by atoms with E-state index in [2.05, 4.69) is 17.6 Å². The van der Waals surface area contributed by atoms with Crippen molar-refractivity contribution in [2.45, 2.75) is 38.6 Å². The average Bonchev–Trinajstić information content (AvgIpc) is 2.54. The van der Waals surface area contributed by atoms with E-state index in [4.69, 9.17) is 16.3 Å². The van der Waals surface area contributed by atoms with Gasteiger partial charge in [0, 0.05) is 11.1 Å². The smallest absolute Gasteiger partial charge is 0.342 e. The van der Waals surface area contributed by atoms with E-state index in [9.17, 15) is 19.5 Å². The number of phenolic OH excluding ortho intramolecular Hbond substituents is 1. The molecular formula is C17H21ClN2O5. The van der Waals surface area contributed by atoms with Crippen LogP contribution in [0.1, 0.15) is 43.0 Å². The van der Waals surface area contributed by atoms with Gasteiger partial charge in [-0.05, 0) is 37.0 Å². The number of phenols is 1. The molecule has 136 valence electrons. The molecule has 0 unspecified atom stereocenters. The second kappa shape index (κ2) is 8.71. The molecule has 8 heteroatoms. The van der Waals surface area contributed by atoms with Gasteiger partial charge in [-0.2, -0.15) is 0 Å². The van der Waals surface area contributed by atoms with E-state index in [1.165, 1.54) is 18.2 Å². The van der Waals surface area contributed by atoms with E-state index >= 15 is 0 Å². The molecule has 0 bridgehead atoms. The molecule has 1 fully saturated rings. The summed E-state index contributed by atoms with van der Waals surface area (Å²) in [6.07, 6.45) is 4.12. The van der Waals surface area contributed by atoms with E-state index in [0.29, 0.717) is 5.92 Å². The van der Waals surface area contributed by atoms with Crippen molar-refractivity contribution in [3.8, 4) is 5.75 Å². The first-order valence-electron chi connectivity index (χ1n) is 8.13. The Balaban J connectivity index is 1.77. The Morgan fingerprint density at radius 1 is 1.28 bits per heavy atom. The average molecular weight is 369 g/mol. The lowest BCUT2D eigenvalue weighted by molar-refractivity contribution is -0.123. The first-order chi connectivity index (χ1) is 11.9. The molecule has 0 spiro atoms. The minimum absolute atomic E-state index is 0.0371. The number of halogens is 1. The highest BCUT2D eigenvalue weighted by atomic mass is 35.5. The van der Waals surface area contributed by atoms with Gasteiger partial charge in [0.25, 0.3) is 5.91 Å². The van der Waals surface area contributed by atoms with Crippen molar-refractivity contribution in [3.05, 3.63) is 28.8 Å². The van der Waals surface area contributed by atoms with Crippen LogP contribution in [0.3, 0.4) is 0 Å². The summed E-state index contributed by atoms with van der Waals surface area (Å²) in [7, 11) is 0. The van der Waals surface area contributed by atoms with Crippen molar-refractivity contribution >= 4 is 29.5 Å². The van der Waals surface area contributed by atoms with Gasteiger partial charge in [-0.3, -0.25) is 10.1 Å². The van der Waals surface area contributed by atoms with Crippen LogP contribution in [-0.2, 0) is 9.53 Å². The van der Waals surface area contributed by atoms with E-state index in [0.717, 1.165) is 25.7 Å². The number of aromatic hydroxyl groups is 1. The summed E-state index contributed by atoms with van der Waals surface area (Å²) in [5, 5.41) is 14.8. The van der Waals surface area contributed by atoms with Gasteiger partial charge in [0.2, 0.25) is 0 Å². The lowest BCUT2D eigenvalue weighted by atomic mass is 9.86. The second-order valence-corrected chi connectivity index (χ2v) is 6.56. The minimum atomic E-state index is -0.884. The van der Waals surface area contributed by atoms with Crippen LogP contribution in [0.25, 0.3) is 0 Å². The molecular weight excluding hydrogens is 348 g/mol. The fourth-order valence-electron chi connectivity index (χ4n) is 2.78. The molecule has 0 aromatic heterocycles. The number of urea groups is 1. The normalized spacial score (nSPS) is 19.8. The van der Waals surface area contributed by atoms with Crippen molar-refractivity contribution in [2.75, 3.05) is 6.61 Å². The van der Waals surface area contributed by atoms with Crippen LogP contribution in [0.2, 0.25) is 5.02 Å². The van der Waals surface area contributed by atoms with Crippen molar-refractivity contribution in [1.29, 1.82) is 0 Å². The predicted molar refractivity (Wildman–Crippen MR) is 91.5 cm³/mol. The summed E-state index contributed by atoms with van der Waals surface area (Å²) in [6.45, 7) is 1.43. The van der Waals surface area contributed by atoms with E-state index in [1.54, 1.807) is 0 Å². The number of carbonyl (C=O) groups excluding carboxylic acids is 3. The van der Waals surface area contributed by atoms with Gasteiger partial charge in [-0.15, -0.1) is 0 Å². The minimum Gasteiger partial charge on any atom is -0.507 e. The van der Waals surface area contributed by atoms with Gasteiger partial charge in [0.1, 0.15) is 11.3 Å². The number of hydrogen-bond donors (Lipinski definition) is 3. The maximum Gasteiger partial charge on any atom is 0.342 e. The maximum absolute atomic E-state index is 11.8. The first kappa shape index (κ1) is 19.1. The highest BCUT2D eigenvalue weighted by Gasteiger charge is 2.23. The summed E-state index contributed by atoms with van der Waals surface area (Å²) in [4.78, 5) is 35.4. The summed E-state index contributed by atoms with van der Waals surface area (Å²) in [5.74, 6) is -1.62. The molecule has 0 radical (unpaired) electrons. The third-order valence-electron chi connectivity index (χ3n) is 4.19. The Labute approximate surface area is 150 Å². The first-order valence-corrected chi connectivity index (χ1v) is 8.50. The number of carbonyl (C=O) groups is 3. The third kappa shape index (κ3) is 5.63. The zero-order valence-electron chi connectivity index (χ0n) is 13.9. The van der Waals surface area contributed by atoms with E-state index in [-0.39, 0.29) is 22.4 Å². The van der Waals surface area contributed by atoms with Crippen LogP contribution in [-0.4, -0.2) is 35.7 Å². The van der Waals surface area contributed by atoms with Crippen molar-refractivity contribution < 1.29 is 24.2 Å². The standard InChI is InChI=1S/C17H21ClN2O5/c1-10-4-2-3-5-13(10)19-17(24)20-15(22)9-25-16(23)12-7-6-11(18)8-14(12)21/h6-8,10,13,21H,2-5,9H2,1H3,(H2,19,20,22,24)/t10-,13-/m1/s1. The van der Waals surface area contributed by atoms with Gasteiger partial charge in [0.05, 0.1) is 0 Å². The number of hydrogen-bond acceptors (Lipinski definition) is 5. The fourth-order valence-corrected chi connectivity index (χ4v) is 2.95. The third-order valence-corrected chi connectivity index (χ3v) is 4.43. The molecule has 3 N–H and O–H groups in total. The van der Waals surface area contributed by atoms with E-state index in [1.807, 2.05) is 0 Å². The summed E-state index contributed by atoms with van der Waals surface area (Å²) in [6, 6.07) is 3.33. The molecule has 2 atom stereocenters. The molecule has 0 heterocycles. The molecule has 3 amide bonds. The number of esters is 1. The highest BCUT2D eigenvalue weighted by Crippen LogP contribution is 2.24. The molecule has 1 saturated carbocycles. The molecule has 1 aliphatic carbocycles. The molecule has 25 heavy (non-hydrogen) atoms. The van der Waals surface area contributed by atoms with Crippen LogP contribution < -0.4 is 10.6 Å². The number of amides is 3. The van der Waals surface area contributed by atoms with Crippen LogP contribution in [0.4, 0.5) is 4.79 Å². The molecule has 2 rings (SSSR count). The topological polar surface area (TPSA) is 105 Å². The molecule has 0 saturated heterocycles. The van der Waals surface area contributed by atoms with E-state index < -0.39 is 24.5 Å². The Kier molecular flexibility index (Phi) is 6.64. The fraction of sp³-hybridized carbons (Fsp3) is 0.471. The lowest BCUT2D eigenvalue weighted by Gasteiger charge is -2.29. The SMILES string of the molecule is C[C@@H]1CCCC[C@H]1NC(=O)NC(=O)COC(=O)c1ccc(Cl)cc1O. The van der Waals surface area contributed by atoms with Crippen LogP contribution >= 0.6 is 11.6 Å². The van der Waals surface area contributed by atoms with Gasteiger partial charge >= 0.3 is 12.0 Å². The monoisotopic (exact) mass is 368 g/mol. The number of rotatable bonds is 4. The van der Waals surface area contributed by atoms with Crippen molar-refractivity contribution in [3.63, 3.8) is 0 Å². The quantitative estimate of drug-likeness (QED) is 0.708. The second-order valence-electron chi connectivity index (χ2n) is 6.13. The Morgan fingerprint density at radius 3 is 2.68 bits per heavy atom. The van der Waals surface area contributed by atoms with Gasteiger partial charge in [0.15, 0.2) is 6.61 Å². The molecule has 1 aliphatic rings. The van der Waals surface area contributed by atoms with Crippen LogP contribution in [0, 0.1) is 5.92 Å². The van der Waals surface area contributed by atoms with Crippen molar-refractivity contribution in [2.24, 2.45) is 5.92 Å². The lowest BCUT2D eigenvalue weighted by Crippen LogP contribution is -2.48. The highest BCUT2D eigenvalue weighted by molar-refractivity contribution is 6.30. The van der Waals surface area contributed by atoms with Gasteiger partial charge in [-0.1, -0.05) is 31.4 Å². The predicted octanol–water partition coefficient (Wildman–Crippen LogP) is 2.61. The molecule has 7 nitrogen and oxygen atoms in total. The van der Waals surface area contributed by atoms with Gasteiger partial charge < -0.3 is 15.2 Å². The Hall–Kier alpha value is -2.28. The zero-order chi connectivity index (χ0) is 18.4. The number of nitrogens with one attached hydrogen (secondary N) is 2.